The van der Waals surface area contributed by atoms with E-state index in [-0.39, 0.29) is 17.6 Å². The third kappa shape index (κ3) is 4.58. The van der Waals surface area contributed by atoms with E-state index in [4.69, 9.17) is 9.72 Å². The molecule has 1 fully saturated rings. The highest BCUT2D eigenvalue weighted by Crippen LogP contribution is 2.36. The van der Waals surface area contributed by atoms with E-state index >= 15 is 0 Å². The Morgan fingerprint density at radius 1 is 1.26 bits per heavy atom. The minimum absolute atomic E-state index is 0.0182. The van der Waals surface area contributed by atoms with Gasteiger partial charge in [-0.1, -0.05) is 20.3 Å². The summed E-state index contributed by atoms with van der Waals surface area (Å²) < 4.78 is 7.55. The van der Waals surface area contributed by atoms with Crippen molar-refractivity contribution >= 4 is 27.5 Å². The van der Waals surface area contributed by atoms with Crippen molar-refractivity contribution in [2.45, 2.75) is 90.3 Å². The minimum Gasteiger partial charge on any atom is -0.461 e. The Morgan fingerprint density at radius 2 is 2.00 bits per heavy atom. The van der Waals surface area contributed by atoms with E-state index in [1.165, 1.54) is 11.3 Å². The van der Waals surface area contributed by atoms with Gasteiger partial charge in [-0.25, -0.2) is 9.78 Å². The van der Waals surface area contributed by atoms with E-state index in [1.54, 1.807) is 15.9 Å². The van der Waals surface area contributed by atoms with Crippen molar-refractivity contribution in [3.63, 3.8) is 0 Å². The molecule has 2 aliphatic rings. The lowest BCUT2D eigenvalue weighted by atomic mass is 9.89. The van der Waals surface area contributed by atoms with E-state index in [1.807, 2.05) is 25.9 Å². The highest BCUT2D eigenvalue weighted by molar-refractivity contribution is 7.18. The fraction of sp³-hybridized carbons (Fsp3) is 0.708. The molecule has 7 heteroatoms. The predicted molar refractivity (Wildman–Crippen MR) is 125 cm³/mol. The average Bonchev–Trinajstić information content (AvgIpc) is 3.08. The molecule has 0 N–H and O–H groups in total. The second-order valence-electron chi connectivity index (χ2n) is 9.59. The zero-order valence-corrected chi connectivity index (χ0v) is 20.1. The molecule has 2 heterocycles. The highest BCUT2D eigenvalue weighted by Gasteiger charge is 2.31. The smallest absolute Gasteiger partial charge is 0.329 e. The molecule has 0 spiro atoms. The molecule has 31 heavy (non-hydrogen) atoms. The van der Waals surface area contributed by atoms with E-state index in [0.29, 0.717) is 24.7 Å². The maximum atomic E-state index is 13.8. The zero-order valence-electron chi connectivity index (χ0n) is 19.3. The molecule has 170 valence electrons. The van der Waals surface area contributed by atoms with Gasteiger partial charge in [0, 0.05) is 4.88 Å². The number of thiophene rings is 1. The Kier molecular flexibility index (Phi) is 6.82. The van der Waals surface area contributed by atoms with E-state index in [0.717, 1.165) is 60.7 Å². The van der Waals surface area contributed by atoms with Crippen molar-refractivity contribution in [2.24, 2.45) is 5.92 Å². The summed E-state index contributed by atoms with van der Waals surface area (Å²) in [7, 11) is 3.92. The molecule has 0 bridgehead atoms. The fourth-order valence-corrected chi connectivity index (χ4v) is 6.43. The maximum absolute atomic E-state index is 13.8. The van der Waals surface area contributed by atoms with Gasteiger partial charge in [0.1, 0.15) is 22.8 Å². The van der Waals surface area contributed by atoms with Crippen LogP contribution in [0.4, 0.5) is 0 Å². The zero-order chi connectivity index (χ0) is 22.1. The summed E-state index contributed by atoms with van der Waals surface area (Å²) in [5, 5.41) is 0.735. The lowest BCUT2D eigenvalue weighted by molar-refractivity contribution is -0.155. The second kappa shape index (κ2) is 9.41. The molecule has 0 aliphatic heterocycles. The standard InChI is InChI=1S/C24H35N3O3S/c1-5-18(24(29)30-16-9-7-6-8-10-16)27-20(14-26(3)4)25-22-21(23(27)28)17-12-11-15(2)13-19(17)31-22/h15-16,18H,5-14H2,1-4H3. The second-order valence-corrected chi connectivity index (χ2v) is 10.7. The lowest BCUT2D eigenvalue weighted by Gasteiger charge is -2.26. The number of carbonyl (C=O) groups is 1. The Hall–Kier alpha value is -1.73. The Balaban J connectivity index is 1.78. The van der Waals surface area contributed by atoms with Crippen molar-refractivity contribution in [3.05, 3.63) is 26.6 Å². The molecule has 2 aromatic rings. The summed E-state index contributed by atoms with van der Waals surface area (Å²) in [5.74, 6) is 1.01. The molecule has 6 nitrogen and oxygen atoms in total. The van der Waals surface area contributed by atoms with Crippen LogP contribution in [-0.4, -0.2) is 40.6 Å². The van der Waals surface area contributed by atoms with Crippen LogP contribution in [-0.2, 0) is 28.9 Å². The highest BCUT2D eigenvalue weighted by atomic mass is 32.1. The number of rotatable bonds is 6. The van der Waals surface area contributed by atoms with E-state index in [9.17, 15) is 9.59 Å². The van der Waals surface area contributed by atoms with Gasteiger partial charge < -0.3 is 9.64 Å². The number of aryl methyl sites for hydroxylation is 1. The van der Waals surface area contributed by atoms with Gasteiger partial charge in [-0.2, -0.15) is 0 Å². The van der Waals surface area contributed by atoms with Gasteiger partial charge in [0.15, 0.2) is 0 Å². The van der Waals surface area contributed by atoms with Crippen LogP contribution in [0.2, 0.25) is 0 Å². The van der Waals surface area contributed by atoms with Crippen molar-refractivity contribution in [2.75, 3.05) is 14.1 Å². The van der Waals surface area contributed by atoms with Gasteiger partial charge in [-0.3, -0.25) is 9.36 Å². The van der Waals surface area contributed by atoms with Gasteiger partial charge in [0.2, 0.25) is 0 Å². The van der Waals surface area contributed by atoms with Gasteiger partial charge in [0.05, 0.1) is 11.9 Å². The number of hydrogen-bond acceptors (Lipinski definition) is 6. The maximum Gasteiger partial charge on any atom is 0.329 e. The predicted octanol–water partition coefficient (Wildman–Crippen LogP) is 4.47. The fourth-order valence-electron chi connectivity index (χ4n) is 5.04. The SMILES string of the molecule is CCC(C(=O)OC1CCCCC1)n1c(CN(C)C)nc2sc3c(c2c1=O)CCC(C)C3. The number of carbonyl (C=O) groups excluding carboxylic acids is 1. The summed E-state index contributed by atoms with van der Waals surface area (Å²) in [6.07, 6.45) is 8.80. The average molecular weight is 446 g/mol. The number of fused-ring (bicyclic) bond motifs is 3. The third-order valence-corrected chi connectivity index (χ3v) is 7.85. The van der Waals surface area contributed by atoms with Crippen molar-refractivity contribution in [1.82, 2.24) is 14.5 Å². The molecule has 2 atom stereocenters. The van der Waals surface area contributed by atoms with Gasteiger partial charge in [-0.15, -0.1) is 11.3 Å². The van der Waals surface area contributed by atoms with Crippen LogP contribution in [0.1, 0.15) is 81.1 Å². The van der Waals surface area contributed by atoms with Crippen LogP contribution in [0, 0.1) is 5.92 Å². The van der Waals surface area contributed by atoms with Crippen LogP contribution in [0.15, 0.2) is 4.79 Å². The van der Waals surface area contributed by atoms with Crippen LogP contribution >= 0.6 is 11.3 Å². The summed E-state index contributed by atoms with van der Waals surface area (Å²) in [6, 6.07) is -0.626. The first kappa shape index (κ1) is 22.5. The quantitative estimate of drug-likeness (QED) is 0.614. The van der Waals surface area contributed by atoms with Crippen molar-refractivity contribution in [3.8, 4) is 0 Å². The molecule has 0 saturated heterocycles. The first-order chi connectivity index (χ1) is 14.9. The largest absolute Gasteiger partial charge is 0.461 e. The summed E-state index contributed by atoms with van der Waals surface area (Å²) in [5.41, 5.74) is 1.10. The molecule has 0 aromatic carbocycles. The molecule has 1 saturated carbocycles. The number of aromatic nitrogens is 2. The minimum atomic E-state index is -0.626. The molecule has 2 unspecified atom stereocenters. The number of hydrogen-bond donors (Lipinski definition) is 0. The van der Waals surface area contributed by atoms with Crippen molar-refractivity contribution in [1.29, 1.82) is 0 Å². The molecular weight excluding hydrogens is 410 g/mol. The van der Waals surface area contributed by atoms with Crippen LogP contribution in [0.3, 0.4) is 0 Å². The molecule has 4 rings (SSSR count). The first-order valence-corrected chi connectivity index (χ1v) is 12.6. The Bertz CT molecular complexity index is 1000. The summed E-state index contributed by atoms with van der Waals surface area (Å²) in [4.78, 5) is 36.1. The number of ether oxygens (including phenoxy) is 1. The molecule has 2 aliphatic carbocycles. The first-order valence-electron chi connectivity index (χ1n) is 11.8. The Labute approximate surface area is 188 Å². The van der Waals surface area contributed by atoms with E-state index in [2.05, 4.69) is 6.92 Å². The van der Waals surface area contributed by atoms with Gasteiger partial charge >= 0.3 is 5.97 Å². The van der Waals surface area contributed by atoms with Crippen LogP contribution < -0.4 is 5.56 Å². The van der Waals surface area contributed by atoms with Gasteiger partial charge in [0.25, 0.3) is 5.56 Å². The third-order valence-electron chi connectivity index (χ3n) is 6.70. The molecule has 0 radical (unpaired) electrons. The normalized spacial score (nSPS) is 20.7. The Morgan fingerprint density at radius 3 is 2.68 bits per heavy atom. The van der Waals surface area contributed by atoms with Crippen LogP contribution in [0.25, 0.3) is 10.2 Å². The number of nitrogens with zero attached hydrogens (tertiary/aromatic N) is 3. The van der Waals surface area contributed by atoms with E-state index < -0.39 is 6.04 Å². The lowest BCUT2D eigenvalue weighted by Crippen LogP contribution is -2.37. The number of esters is 1. The topological polar surface area (TPSA) is 64.4 Å². The van der Waals surface area contributed by atoms with Crippen LogP contribution in [0.5, 0.6) is 0 Å². The summed E-state index contributed by atoms with van der Waals surface area (Å²) in [6.45, 7) is 4.73. The summed E-state index contributed by atoms with van der Waals surface area (Å²) >= 11 is 1.66. The molecule has 0 amide bonds. The molecular formula is C24H35N3O3S. The van der Waals surface area contributed by atoms with Gasteiger partial charge in [-0.05, 0) is 76.9 Å². The monoisotopic (exact) mass is 445 g/mol. The molecule has 2 aromatic heterocycles. The van der Waals surface area contributed by atoms with Crippen molar-refractivity contribution < 1.29 is 9.53 Å².